The maximum absolute atomic E-state index is 13.2. The van der Waals surface area contributed by atoms with Crippen LogP contribution in [0.15, 0.2) is 42.5 Å². The first-order valence-corrected chi connectivity index (χ1v) is 6.06. The lowest BCUT2D eigenvalue weighted by Crippen LogP contribution is -2.14. The third kappa shape index (κ3) is 3.78. The number of aliphatic hydroxyl groups is 1. The van der Waals surface area contributed by atoms with Gasteiger partial charge in [-0.2, -0.15) is 13.2 Å². The molecule has 0 bridgehead atoms. The van der Waals surface area contributed by atoms with Crippen molar-refractivity contribution in [3.63, 3.8) is 0 Å². The number of alkyl halides is 3. The molecule has 2 aromatic carbocycles. The average molecular weight is 302 g/mol. The lowest BCUT2D eigenvalue weighted by Gasteiger charge is -2.17. The standard InChI is InChI=1S/C15H11F5O/c16-10-3-1-9(2-4-10)7-14(21)12-8-11(17)5-6-13(12)15(18,19)20/h1-6,8,14,21H,7H2. The summed E-state index contributed by atoms with van der Waals surface area (Å²) in [5.41, 5.74) is -1.17. The van der Waals surface area contributed by atoms with E-state index >= 15 is 0 Å². The highest BCUT2D eigenvalue weighted by Crippen LogP contribution is 2.35. The van der Waals surface area contributed by atoms with Gasteiger partial charge in [-0.15, -0.1) is 0 Å². The fourth-order valence-corrected chi connectivity index (χ4v) is 2.02. The van der Waals surface area contributed by atoms with Crippen molar-refractivity contribution in [3.8, 4) is 0 Å². The minimum atomic E-state index is -4.69. The largest absolute Gasteiger partial charge is 0.416 e. The third-order valence-corrected chi connectivity index (χ3v) is 3.02. The minimum Gasteiger partial charge on any atom is -0.388 e. The van der Waals surface area contributed by atoms with E-state index < -0.39 is 35.0 Å². The Morgan fingerprint density at radius 3 is 2.05 bits per heavy atom. The lowest BCUT2D eigenvalue weighted by atomic mass is 9.96. The SMILES string of the molecule is OC(Cc1ccc(F)cc1)c1cc(F)ccc1C(F)(F)F. The summed E-state index contributed by atoms with van der Waals surface area (Å²) in [7, 11) is 0. The van der Waals surface area contributed by atoms with Gasteiger partial charge < -0.3 is 5.11 Å². The number of aliphatic hydroxyl groups excluding tert-OH is 1. The first-order valence-electron chi connectivity index (χ1n) is 6.06. The van der Waals surface area contributed by atoms with Gasteiger partial charge in [-0.1, -0.05) is 12.1 Å². The molecule has 0 amide bonds. The second-order valence-corrected chi connectivity index (χ2v) is 4.58. The summed E-state index contributed by atoms with van der Waals surface area (Å²) in [5.74, 6) is -1.36. The van der Waals surface area contributed by atoms with Gasteiger partial charge in [-0.25, -0.2) is 8.78 Å². The normalized spacial score (nSPS) is 13.2. The quantitative estimate of drug-likeness (QED) is 0.840. The van der Waals surface area contributed by atoms with Crippen LogP contribution < -0.4 is 0 Å². The Balaban J connectivity index is 2.32. The van der Waals surface area contributed by atoms with E-state index in [0.29, 0.717) is 23.8 Å². The summed E-state index contributed by atoms with van der Waals surface area (Å²) in [5, 5.41) is 9.95. The first kappa shape index (κ1) is 15.4. The molecule has 0 aliphatic rings. The minimum absolute atomic E-state index is 0.174. The van der Waals surface area contributed by atoms with Crippen molar-refractivity contribution in [2.75, 3.05) is 0 Å². The molecule has 0 aliphatic heterocycles. The van der Waals surface area contributed by atoms with Crippen LogP contribution in [-0.2, 0) is 12.6 Å². The molecule has 21 heavy (non-hydrogen) atoms. The molecule has 0 aliphatic carbocycles. The van der Waals surface area contributed by atoms with E-state index in [4.69, 9.17) is 0 Å². The Hall–Kier alpha value is -1.95. The van der Waals surface area contributed by atoms with Crippen LogP contribution in [0.3, 0.4) is 0 Å². The van der Waals surface area contributed by atoms with E-state index in [-0.39, 0.29) is 6.42 Å². The van der Waals surface area contributed by atoms with Crippen molar-refractivity contribution < 1.29 is 27.1 Å². The van der Waals surface area contributed by atoms with Crippen molar-refractivity contribution >= 4 is 0 Å². The van der Waals surface area contributed by atoms with Crippen LogP contribution in [0.1, 0.15) is 22.8 Å². The van der Waals surface area contributed by atoms with E-state index in [1.807, 2.05) is 0 Å². The van der Waals surface area contributed by atoms with Crippen LogP contribution in [0.2, 0.25) is 0 Å². The Morgan fingerprint density at radius 1 is 0.905 bits per heavy atom. The fourth-order valence-electron chi connectivity index (χ4n) is 2.02. The molecule has 112 valence electrons. The van der Waals surface area contributed by atoms with Crippen LogP contribution in [0.5, 0.6) is 0 Å². The number of benzene rings is 2. The van der Waals surface area contributed by atoms with Crippen LogP contribution in [-0.4, -0.2) is 5.11 Å². The zero-order valence-electron chi connectivity index (χ0n) is 10.7. The van der Waals surface area contributed by atoms with Crippen molar-refractivity contribution in [3.05, 3.63) is 70.8 Å². The maximum Gasteiger partial charge on any atom is 0.416 e. The van der Waals surface area contributed by atoms with Gasteiger partial charge in [-0.3, -0.25) is 0 Å². The predicted octanol–water partition coefficient (Wildman–Crippen LogP) is 4.26. The van der Waals surface area contributed by atoms with Crippen molar-refractivity contribution in [2.24, 2.45) is 0 Å². The molecule has 0 saturated carbocycles. The van der Waals surface area contributed by atoms with Gasteiger partial charge in [0.15, 0.2) is 0 Å². The summed E-state index contributed by atoms with van der Waals surface area (Å²) in [4.78, 5) is 0. The molecular formula is C15H11F5O. The topological polar surface area (TPSA) is 20.2 Å². The van der Waals surface area contributed by atoms with Gasteiger partial charge in [0, 0.05) is 6.42 Å². The molecule has 6 heteroatoms. The molecular weight excluding hydrogens is 291 g/mol. The van der Waals surface area contributed by atoms with Gasteiger partial charge in [0.25, 0.3) is 0 Å². The number of hydrogen-bond acceptors (Lipinski definition) is 1. The zero-order valence-corrected chi connectivity index (χ0v) is 10.7. The molecule has 1 unspecified atom stereocenters. The van der Waals surface area contributed by atoms with Gasteiger partial charge in [-0.05, 0) is 41.5 Å². The molecule has 0 heterocycles. The van der Waals surface area contributed by atoms with Crippen LogP contribution in [0.4, 0.5) is 22.0 Å². The maximum atomic E-state index is 13.2. The number of rotatable bonds is 3. The molecule has 2 aromatic rings. The highest BCUT2D eigenvalue weighted by Gasteiger charge is 2.35. The highest BCUT2D eigenvalue weighted by atomic mass is 19.4. The lowest BCUT2D eigenvalue weighted by molar-refractivity contribution is -0.139. The molecule has 2 rings (SSSR count). The number of halogens is 5. The molecule has 0 aromatic heterocycles. The summed E-state index contributed by atoms with van der Waals surface area (Å²) in [6.07, 6.45) is -6.40. The molecule has 1 nitrogen and oxygen atoms in total. The van der Waals surface area contributed by atoms with Crippen LogP contribution in [0, 0.1) is 11.6 Å². The Kier molecular flexibility index (Phi) is 4.27. The van der Waals surface area contributed by atoms with Gasteiger partial charge in [0.1, 0.15) is 11.6 Å². The second-order valence-electron chi connectivity index (χ2n) is 4.58. The zero-order chi connectivity index (χ0) is 15.6. The van der Waals surface area contributed by atoms with Crippen molar-refractivity contribution in [2.45, 2.75) is 18.7 Å². The van der Waals surface area contributed by atoms with E-state index in [2.05, 4.69) is 0 Å². The summed E-state index contributed by atoms with van der Waals surface area (Å²) >= 11 is 0. The molecule has 0 radical (unpaired) electrons. The summed E-state index contributed by atoms with van der Waals surface area (Å²) in [6.45, 7) is 0. The molecule has 1 atom stereocenters. The summed E-state index contributed by atoms with van der Waals surface area (Å²) in [6, 6.07) is 6.93. The molecule has 0 fully saturated rings. The van der Waals surface area contributed by atoms with Crippen LogP contribution >= 0.6 is 0 Å². The monoisotopic (exact) mass is 302 g/mol. The second kappa shape index (κ2) is 5.81. The van der Waals surface area contributed by atoms with Crippen LogP contribution in [0.25, 0.3) is 0 Å². The highest BCUT2D eigenvalue weighted by molar-refractivity contribution is 5.33. The molecule has 0 saturated heterocycles. The van der Waals surface area contributed by atoms with E-state index in [0.717, 1.165) is 12.1 Å². The van der Waals surface area contributed by atoms with Gasteiger partial charge in [0.05, 0.1) is 11.7 Å². The van der Waals surface area contributed by atoms with Crippen molar-refractivity contribution in [1.29, 1.82) is 0 Å². The average Bonchev–Trinajstić information content (AvgIpc) is 2.40. The third-order valence-electron chi connectivity index (χ3n) is 3.02. The predicted molar refractivity (Wildman–Crippen MR) is 66.5 cm³/mol. The van der Waals surface area contributed by atoms with Gasteiger partial charge >= 0.3 is 6.18 Å². The first-order chi connectivity index (χ1) is 9.77. The smallest absolute Gasteiger partial charge is 0.388 e. The van der Waals surface area contributed by atoms with E-state index in [9.17, 15) is 27.1 Å². The Morgan fingerprint density at radius 2 is 1.48 bits per heavy atom. The van der Waals surface area contributed by atoms with Gasteiger partial charge in [0.2, 0.25) is 0 Å². The fraction of sp³-hybridized carbons (Fsp3) is 0.200. The van der Waals surface area contributed by atoms with E-state index in [1.54, 1.807) is 0 Å². The molecule has 0 spiro atoms. The van der Waals surface area contributed by atoms with E-state index in [1.165, 1.54) is 12.1 Å². The Labute approximate surface area is 117 Å². The summed E-state index contributed by atoms with van der Waals surface area (Å²) < 4.78 is 64.5. The molecule has 1 N–H and O–H groups in total. The number of hydrogen-bond donors (Lipinski definition) is 1. The van der Waals surface area contributed by atoms with Crippen molar-refractivity contribution in [1.82, 2.24) is 0 Å². The Bertz CT molecular complexity index is 619.